The zero-order valence-electron chi connectivity index (χ0n) is 11.2. The molecule has 5 nitrogen and oxygen atoms in total. The molecular formula is C14H17FN4O. The SMILES string of the molecule is C[C@H](NC(=O)c1cn(CCN)cn1)c1ccc(F)cc1. The monoisotopic (exact) mass is 276 g/mol. The van der Waals surface area contributed by atoms with Crippen molar-refractivity contribution in [3.05, 3.63) is 53.9 Å². The van der Waals surface area contributed by atoms with E-state index in [-0.39, 0.29) is 17.8 Å². The van der Waals surface area contributed by atoms with Crippen molar-refractivity contribution in [2.24, 2.45) is 5.73 Å². The van der Waals surface area contributed by atoms with Crippen LogP contribution in [-0.4, -0.2) is 22.0 Å². The molecule has 0 aliphatic carbocycles. The number of nitrogens with two attached hydrogens (primary N) is 1. The lowest BCUT2D eigenvalue weighted by Crippen LogP contribution is -2.27. The Kier molecular flexibility index (Phi) is 4.47. The van der Waals surface area contributed by atoms with Gasteiger partial charge in [0.1, 0.15) is 11.5 Å². The van der Waals surface area contributed by atoms with Crippen LogP contribution in [0.3, 0.4) is 0 Å². The van der Waals surface area contributed by atoms with E-state index in [1.54, 1.807) is 29.2 Å². The largest absolute Gasteiger partial charge is 0.344 e. The Bertz CT molecular complexity index is 579. The Morgan fingerprint density at radius 1 is 1.45 bits per heavy atom. The molecular weight excluding hydrogens is 259 g/mol. The molecule has 0 saturated heterocycles. The summed E-state index contributed by atoms with van der Waals surface area (Å²) >= 11 is 0. The topological polar surface area (TPSA) is 72.9 Å². The Balaban J connectivity index is 2.01. The average Bonchev–Trinajstić information content (AvgIpc) is 2.88. The molecule has 20 heavy (non-hydrogen) atoms. The molecule has 0 radical (unpaired) electrons. The first kappa shape index (κ1) is 14.2. The van der Waals surface area contributed by atoms with E-state index in [2.05, 4.69) is 10.3 Å². The van der Waals surface area contributed by atoms with Gasteiger partial charge >= 0.3 is 0 Å². The zero-order chi connectivity index (χ0) is 14.5. The van der Waals surface area contributed by atoms with E-state index in [4.69, 9.17) is 5.73 Å². The van der Waals surface area contributed by atoms with Gasteiger partial charge in [-0.15, -0.1) is 0 Å². The standard InChI is InChI=1S/C14H17FN4O/c1-10(11-2-4-12(15)5-3-11)18-14(20)13-8-19(7-6-16)9-17-13/h2-5,8-10H,6-7,16H2,1H3,(H,18,20)/t10-/m0/s1. The van der Waals surface area contributed by atoms with Crippen LogP contribution in [0.4, 0.5) is 4.39 Å². The van der Waals surface area contributed by atoms with Gasteiger partial charge in [0, 0.05) is 19.3 Å². The van der Waals surface area contributed by atoms with Crippen molar-refractivity contribution in [3.8, 4) is 0 Å². The van der Waals surface area contributed by atoms with Crippen LogP contribution >= 0.6 is 0 Å². The maximum Gasteiger partial charge on any atom is 0.271 e. The predicted molar refractivity (Wildman–Crippen MR) is 73.6 cm³/mol. The Labute approximate surface area is 116 Å². The number of hydrogen-bond acceptors (Lipinski definition) is 3. The summed E-state index contributed by atoms with van der Waals surface area (Å²) in [5, 5.41) is 2.82. The number of hydrogen-bond donors (Lipinski definition) is 2. The summed E-state index contributed by atoms with van der Waals surface area (Å²) in [7, 11) is 0. The molecule has 0 fully saturated rings. The summed E-state index contributed by atoms with van der Waals surface area (Å²) in [6.45, 7) is 2.94. The third kappa shape index (κ3) is 3.42. The van der Waals surface area contributed by atoms with Gasteiger partial charge in [0.2, 0.25) is 0 Å². The van der Waals surface area contributed by atoms with Crippen LogP contribution in [0.2, 0.25) is 0 Å². The summed E-state index contributed by atoms with van der Waals surface area (Å²) in [6.07, 6.45) is 3.23. The van der Waals surface area contributed by atoms with Gasteiger partial charge in [-0.25, -0.2) is 9.37 Å². The van der Waals surface area contributed by atoms with Gasteiger partial charge in [-0.2, -0.15) is 0 Å². The quantitative estimate of drug-likeness (QED) is 0.868. The molecule has 0 aliphatic heterocycles. The summed E-state index contributed by atoms with van der Waals surface area (Å²) in [4.78, 5) is 16.1. The number of imidazole rings is 1. The highest BCUT2D eigenvalue weighted by Crippen LogP contribution is 2.13. The van der Waals surface area contributed by atoms with E-state index < -0.39 is 0 Å². The maximum absolute atomic E-state index is 12.8. The number of aromatic nitrogens is 2. The highest BCUT2D eigenvalue weighted by Gasteiger charge is 2.13. The third-order valence-corrected chi connectivity index (χ3v) is 2.97. The Morgan fingerprint density at radius 2 is 2.15 bits per heavy atom. The molecule has 1 heterocycles. The first-order chi connectivity index (χ1) is 9.60. The van der Waals surface area contributed by atoms with E-state index in [1.807, 2.05) is 6.92 Å². The molecule has 0 spiro atoms. The fraction of sp³-hybridized carbons (Fsp3) is 0.286. The molecule has 0 saturated carbocycles. The van der Waals surface area contributed by atoms with E-state index in [0.717, 1.165) is 5.56 Å². The molecule has 106 valence electrons. The molecule has 1 aromatic heterocycles. The fourth-order valence-electron chi connectivity index (χ4n) is 1.85. The van der Waals surface area contributed by atoms with E-state index in [1.165, 1.54) is 12.1 Å². The summed E-state index contributed by atoms with van der Waals surface area (Å²) in [6, 6.07) is 5.81. The number of nitrogens with one attached hydrogen (secondary N) is 1. The molecule has 1 aromatic carbocycles. The molecule has 3 N–H and O–H groups in total. The minimum absolute atomic E-state index is 0.220. The lowest BCUT2D eigenvalue weighted by atomic mass is 10.1. The van der Waals surface area contributed by atoms with Gasteiger partial charge < -0.3 is 15.6 Å². The lowest BCUT2D eigenvalue weighted by Gasteiger charge is -2.13. The second kappa shape index (κ2) is 6.29. The Morgan fingerprint density at radius 3 is 2.80 bits per heavy atom. The minimum atomic E-state index is -0.298. The van der Waals surface area contributed by atoms with Crippen LogP contribution in [0.15, 0.2) is 36.8 Å². The van der Waals surface area contributed by atoms with Crippen LogP contribution in [0, 0.1) is 5.82 Å². The van der Waals surface area contributed by atoms with Crippen molar-refractivity contribution in [2.75, 3.05) is 6.54 Å². The predicted octanol–water partition coefficient (Wildman–Crippen LogP) is 1.47. The number of nitrogens with zero attached hydrogens (tertiary/aromatic N) is 2. The van der Waals surface area contributed by atoms with Gasteiger partial charge in [0.25, 0.3) is 5.91 Å². The molecule has 1 atom stereocenters. The van der Waals surface area contributed by atoms with Crippen LogP contribution in [-0.2, 0) is 6.54 Å². The number of carbonyl (C=O) groups is 1. The lowest BCUT2D eigenvalue weighted by molar-refractivity contribution is 0.0935. The Hall–Kier alpha value is -2.21. The summed E-state index contributed by atoms with van der Waals surface area (Å²) in [5.74, 6) is -0.564. The number of benzene rings is 1. The smallest absolute Gasteiger partial charge is 0.271 e. The molecule has 0 aliphatic rings. The van der Waals surface area contributed by atoms with Gasteiger partial charge in [0.05, 0.1) is 12.4 Å². The first-order valence-corrected chi connectivity index (χ1v) is 6.38. The number of carbonyl (C=O) groups excluding carboxylic acids is 1. The van der Waals surface area contributed by atoms with E-state index >= 15 is 0 Å². The van der Waals surface area contributed by atoms with Crippen LogP contribution in [0.5, 0.6) is 0 Å². The number of amides is 1. The van der Waals surface area contributed by atoms with Crippen molar-refractivity contribution in [1.29, 1.82) is 0 Å². The van der Waals surface area contributed by atoms with Crippen LogP contribution in [0.1, 0.15) is 29.0 Å². The average molecular weight is 276 g/mol. The van der Waals surface area contributed by atoms with Gasteiger partial charge in [-0.1, -0.05) is 12.1 Å². The molecule has 1 amide bonds. The maximum atomic E-state index is 12.8. The summed E-state index contributed by atoms with van der Waals surface area (Å²) < 4.78 is 14.6. The second-order valence-electron chi connectivity index (χ2n) is 4.53. The van der Waals surface area contributed by atoms with Crippen molar-refractivity contribution < 1.29 is 9.18 Å². The third-order valence-electron chi connectivity index (χ3n) is 2.97. The van der Waals surface area contributed by atoms with Crippen LogP contribution in [0.25, 0.3) is 0 Å². The zero-order valence-corrected chi connectivity index (χ0v) is 11.2. The number of halogens is 1. The second-order valence-corrected chi connectivity index (χ2v) is 4.53. The highest BCUT2D eigenvalue weighted by molar-refractivity contribution is 5.92. The van der Waals surface area contributed by atoms with E-state index in [9.17, 15) is 9.18 Å². The molecule has 6 heteroatoms. The van der Waals surface area contributed by atoms with Crippen LogP contribution < -0.4 is 11.1 Å². The first-order valence-electron chi connectivity index (χ1n) is 6.38. The number of rotatable bonds is 5. The highest BCUT2D eigenvalue weighted by atomic mass is 19.1. The molecule has 2 aromatic rings. The van der Waals surface area contributed by atoms with Crippen molar-refractivity contribution in [2.45, 2.75) is 19.5 Å². The van der Waals surface area contributed by atoms with Gasteiger partial charge in [0.15, 0.2) is 0 Å². The minimum Gasteiger partial charge on any atom is -0.344 e. The molecule has 0 unspecified atom stereocenters. The van der Waals surface area contributed by atoms with E-state index in [0.29, 0.717) is 18.8 Å². The van der Waals surface area contributed by atoms with Gasteiger partial charge in [-0.05, 0) is 24.6 Å². The van der Waals surface area contributed by atoms with Crippen molar-refractivity contribution in [3.63, 3.8) is 0 Å². The van der Waals surface area contributed by atoms with Crippen molar-refractivity contribution in [1.82, 2.24) is 14.9 Å². The van der Waals surface area contributed by atoms with Crippen molar-refractivity contribution >= 4 is 5.91 Å². The normalized spacial score (nSPS) is 12.2. The molecule has 0 bridgehead atoms. The molecule has 2 rings (SSSR count). The van der Waals surface area contributed by atoms with Gasteiger partial charge in [-0.3, -0.25) is 4.79 Å². The fourth-order valence-corrected chi connectivity index (χ4v) is 1.85. The summed E-state index contributed by atoms with van der Waals surface area (Å²) in [5.41, 5.74) is 6.61.